The van der Waals surface area contributed by atoms with Crippen LogP contribution in [0.15, 0.2) is 24.3 Å². The standard InChI is InChI=1S/C18H30N4O2/c1-4-24-17-9-6-5-8-16(17)21-12-14-22(15-13-21)18(23)19-10-7-11-20(2)3/h5-6,8-9H,4,7,10-15H2,1-3H3,(H,19,23). The molecule has 0 bridgehead atoms. The van der Waals surface area contributed by atoms with E-state index < -0.39 is 0 Å². The molecule has 1 heterocycles. The number of carbonyl (C=O) groups is 1. The molecule has 2 rings (SSSR count). The second-order valence-corrected chi connectivity index (χ2v) is 6.26. The van der Waals surface area contributed by atoms with Crippen LogP contribution in [0.1, 0.15) is 13.3 Å². The van der Waals surface area contributed by atoms with Crippen molar-refractivity contribution in [3.8, 4) is 5.75 Å². The van der Waals surface area contributed by atoms with Crippen molar-refractivity contribution < 1.29 is 9.53 Å². The number of carbonyl (C=O) groups excluding carboxylic acids is 1. The van der Waals surface area contributed by atoms with E-state index in [9.17, 15) is 4.79 Å². The van der Waals surface area contributed by atoms with E-state index in [2.05, 4.69) is 21.2 Å². The molecule has 1 saturated heterocycles. The van der Waals surface area contributed by atoms with Crippen LogP contribution in [-0.2, 0) is 0 Å². The van der Waals surface area contributed by atoms with E-state index >= 15 is 0 Å². The van der Waals surface area contributed by atoms with Gasteiger partial charge in [-0.1, -0.05) is 12.1 Å². The number of rotatable bonds is 7. The van der Waals surface area contributed by atoms with E-state index in [4.69, 9.17) is 4.74 Å². The SMILES string of the molecule is CCOc1ccccc1N1CCN(C(=O)NCCCN(C)C)CC1. The first-order chi connectivity index (χ1) is 11.6. The minimum absolute atomic E-state index is 0.0477. The predicted molar refractivity (Wildman–Crippen MR) is 98.0 cm³/mol. The third-order valence-electron chi connectivity index (χ3n) is 4.13. The van der Waals surface area contributed by atoms with Gasteiger partial charge in [0.25, 0.3) is 0 Å². The highest BCUT2D eigenvalue weighted by molar-refractivity contribution is 5.74. The summed E-state index contributed by atoms with van der Waals surface area (Å²) in [6, 6.07) is 8.16. The normalized spacial score (nSPS) is 14.8. The summed E-state index contributed by atoms with van der Waals surface area (Å²) >= 11 is 0. The molecule has 1 aromatic carbocycles. The van der Waals surface area contributed by atoms with Gasteiger partial charge in [-0.05, 0) is 46.1 Å². The lowest BCUT2D eigenvalue weighted by Gasteiger charge is -2.36. The molecule has 1 aliphatic heterocycles. The summed E-state index contributed by atoms with van der Waals surface area (Å²) in [4.78, 5) is 18.5. The van der Waals surface area contributed by atoms with Gasteiger partial charge < -0.3 is 24.8 Å². The summed E-state index contributed by atoms with van der Waals surface area (Å²) in [5, 5.41) is 3.01. The fourth-order valence-electron chi connectivity index (χ4n) is 2.85. The second kappa shape index (κ2) is 9.37. The van der Waals surface area contributed by atoms with Crippen molar-refractivity contribution in [1.82, 2.24) is 15.1 Å². The molecule has 0 spiro atoms. The van der Waals surface area contributed by atoms with Crippen molar-refractivity contribution in [2.75, 3.05) is 64.9 Å². The van der Waals surface area contributed by atoms with Crippen molar-refractivity contribution in [2.24, 2.45) is 0 Å². The second-order valence-electron chi connectivity index (χ2n) is 6.26. The third kappa shape index (κ3) is 5.30. The lowest BCUT2D eigenvalue weighted by Crippen LogP contribution is -2.52. The molecule has 24 heavy (non-hydrogen) atoms. The Hall–Kier alpha value is -1.95. The summed E-state index contributed by atoms with van der Waals surface area (Å²) in [5.41, 5.74) is 1.12. The van der Waals surface area contributed by atoms with Crippen molar-refractivity contribution in [2.45, 2.75) is 13.3 Å². The Morgan fingerprint density at radius 2 is 1.92 bits per heavy atom. The molecule has 0 saturated carbocycles. The summed E-state index contributed by atoms with van der Waals surface area (Å²) in [5.74, 6) is 0.918. The van der Waals surface area contributed by atoms with Crippen LogP contribution in [0.4, 0.5) is 10.5 Å². The quantitative estimate of drug-likeness (QED) is 0.774. The van der Waals surface area contributed by atoms with Crippen LogP contribution in [0.25, 0.3) is 0 Å². The number of urea groups is 1. The number of ether oxygens (including phenoxy) is 1. The molecular formula is C18H30N4O2. The number of piperazine rings is 1. The van der Waals surface area contributed by atoms with E-state index in [1.54, 1.807) is 0 Å². The molecule has 0 radical (unpaired) electrons. The Balaban J connectivity index is 1.80. The van der Waals surface area contributed by atoms with Crippen LogP contribution >= 0.6 is 0 Å². The zero-order valence-corrected chi connectivity index (χ0v) is 15.1. The maximum atomic E-state index is 12.2. The molecule has 1 N–H and O–H groups in total. The molecule has 0 unspecified atom stereocenters. The highest BCUT2D eigenvalue weighted by Gasteiger charge is 2.22. The lowest BCUT2D eigenvalue weighted by atomic mass is 10.2. The molecule has 0 aliphatic carbocycles. The molecule has 1 aliphatic rings. The maximum absolute atomic E-state index is 12.2. The van der Waals surface area contributed by atoms with E-state index in [1.807, 2.05) is 44.1 Å². The van der Waals surface area contributed by atoms with E-state index in [1.165, 1.54) is 0 Å². The zero-order valence-electron chi connectivity index (χ0n) is 15.1. The minimum Gasteiger partial charge on any atom is -0.492 e. The Kier molecular flexibility index (Phi) is 7.18. The van der Waals surface area contributed by atoms with Gasteiger partial charge >= 0.3 is 6.03 Å². The van der Waals surface area contributed by atoms with E-state index in [0.717, 1.165) is 57.1 Å². The summed E-state index contributed by atoms with van der Waals surface area (Å²) < 4.78 is 5.71. The van der Waals surface area contributed by atoms with Crippen LogP contribution in [-0.4, -0.2) is 75.8 Å². The summed E-state index contributed by atoms with van der Waals surface area (Å²) in [6.07, 6.45) is 0.973. The number of nitrogens with one attached hydrogen (secondary N) is 1. The van der Waals surface area contributed by atoms with Gasteiger partial charge in [-0.3, -0.25) is 0 Å². The average Bonchev–Trinajstić information content (AvgIpc) is 2.59. The summed E-state index contributed by atoms with van der Waals surface area (Å²) in [6.45, 7) is 7.50. The van der Waals surface area contributed by atoms with Gasteiger partial charge in [0, 0.05) is 32.7 Å². The zero-order chi connectivity index (χ0) is 17.4. The van der Waals surface area contributed by atoms with Gasteiger partial charge in [-0.2, -0.15) is 0 Å². The van der Waals surface area contributed by atoms with Crippen LogP contribution in [0.5, 0.6) is 5.75 Å². The van der Waals surface area contributed by atoms with Gasteiger partial charge in [0.15, 0.2) is 0 Å². The van der Waals surface area contributed by atoms with E-state index in [-0.39, 0.29) is 6.03 Å². The van der Waals surface area contributed by atoms with Crippen LogP contribution in [0.2, 0.25) is 0 Å². The maximum Gasteiger partial charge on any atom is 0.317 e. The fourth-order valence-corrected chi connectivity index (χ4v) is 2.85. The highest BCUT2D eigenvalue weighted by atomic mass is 16.5. The minimum atomic E-state index is 0.0477. The smallest absolute Gasteiger partial charge is 0.317 e. The van der Waals surface area contributed by atoms with Crippen LogP contribution in [0, 0.1) is 0 Å². The van der Waals surface area contributed by atoms with Crippen molar-refractivity contribution in [3.63, 3.8) is 0 Å². The van der Waals surface area contributed by atoms with Crippen molar-refractivity contribution in [3.05, 3.63) is 24.3 Å². The number of hydrogen-bond donors (Lipinski definition) is 1. The van der Waals surface area contributed by atoms with Crippen molar-refractivity contribution >= 4 is 11.7 Å². The third-order valence-corrected chi connectivity index (χ3v) is 4.13. The van der Waals surface area contributed by atoms with Gasteiger partial charge in [0.05, 0.1) is 12.3 Å². The molecular weight excluding hydrogens is 304 g/mol. The Morgan fingerprint density at radius 3 is 2.58 bits per heavy atom. The molecule has 6 heteroatoms. The first kappa shape index (κ1) is 18.4. The number of nitrogens with zero attached hydrogens (tertiary/aromatic N) is 3. The van der Waals surface area contributed by atoms with Gasteiger partial charge in [0.1, 0.15) is 5.75 Å². The van der Waals surface area contributed by atoms with Gasteiger partial charge in [0.2, 0.25) is 0 Å². The number of benzene rings is 1. The first-order valence-corrected chi connectivity index (χ1v) is 8.76. The number of hydrogen-bond acceptors (Lipinski definition) is 4. The lowest BCUT2D eigenvalue weighted by molar-refractivity contribution is 0.193. The Labute approximate surface area is 145 Å². The molecule has 134 valence electrons. The monoisotopic (exact) mass is 334 g/mol. The Bertz CT molecular complexity index is 513. The number of amides is 2. The van der Waals surface area contributed by atoms with Crippen LogP contribution in [0.3, 0.4) is 0 Å². The molecule has 0 atom stereocenters. The molecule has 2 amide bonds. The average molecular weight is 334 g/mol. The van der Waals surface area contributed by atoms with Crippen molar-refractivity contribution in [1.29, 1.82) is 0 Å². The molecule has 1 fully saturated rings. The summed E-state index contributed by atoms with van der Waals surface area (Å²) in [7, 11) is 4.09. The number of para-hydroxylation sites is 2. The molecule has 6 nitrogen and oxygen atoms in total. The molecule has 0 aromatic heterocycles. The van der Waals surface area contributed by atoms with Gasteiger partial charge in [-0.15, -0.1) is 0 Å². The molecule has 1 aromatic rings. The largest absolute Gasteiger partial charge is 0.492 e. The fraction of sp³-hybridized carbons (Fsp3) is 0.611. The first-order valence-electron chi connectivity index (χ1n) is 8.76. The van der Waals surface area contributed by atoms with Gasteiger partial charge in [-0.25, -0.2) is 4.79 Å². The Morgan fingerprint density at radius 1 is 1.21 bits per heavy atom. The van der Waals surface area contributed by atoms with E-state index in [0.29, 0.717) is 6.61 Å². The number of anilines is 1. The van der Waals surface area contributed by atoms with Crippen LogP contribution < -0.4 is 15.0 Å². The highest BCUT2D eigenvalue weighted by Crippen LogP contribution is 2.28. The topological polar surface area (TPSA) is 48.1 Å². The predicted octanol–water partition coefficient (Wildman–Crippen LogP) is 1.87.